The number of hydrogen-bond acceptors (Lipinski definition) is 2. The lowest BCUT2D eigenvalue weighted by Gasteiger charge is -2.20. The van der Waals surface area contributed by atoms with Crippen LogP contribution in [0.25, 0.3) is 0 Å². The first-order chi connectivity index (χ1) is 8.39. The molecule has 5 heteroatoms. The Morgan fingerprint density at radius 3 is 2.28 bits per heavy atom. The van der Waals surface area contributed by atoms with E-state index in [0.717, 1.165) is 32.2 Å². The minimum absolute atomic E-state index is 0.0961. The fourth-order valence-corrected chi connectivity index (χ4v) is 2.16. The van der Waals surface area contributed by atoms with Crippen molar-refractivity contribution in [1.82, 2.24) is 4.90 Å². The van der Waals surface area contributed by atoms with Crippen LogP contribution in [-0.2, 0) is 0 Å². The molecule has 0 saturated heterocycles. The van der Waals surface area contributed by atoms with Crippen molar-refractivity contribution in [3.05, 3.63) is 0 Å². The summed E-state index contributed by atoms with van der Waals surface area (Å²) in [5, 5.41) is 0. The van der Waals surface area contributed by atoms with Crippen LogP contribution in [0.3, 0.4) is 0 Å². The molecule has 0 bridgehead atoms. The van der Waals surface area contributed by atoms with Crippen molar-refractivity contribution in [3.63, 3.8) is 0 Å². The normalized spacial score (nSPS) is 14.2. The second kappa shape index (κ2) is 9.62. The molecule has 0 heterocycles. The summed E-state index contributed by atoms with van der Waals surface area (Å²) in [5.41, 5.74) is 5.55. The topological polar surface area (TPSA) is 29.3 Å². The molecule has 0 saturated carbocycles. The van der Waals surface area contributed by atoms with Gasteiger partial charge in [-0.2, -0.15) is 13.2 Å². The first-order valence-corrected chi connectivity index (χ1v) is 6.84. The van der Waals surface area contributed by atoms with Gasteiger partial charge in [0.15, 0.2) is 0 Å². The van der Waals surface area contributed by atoms with Gasteiger partial charge in [-0.15, -0.1) is 0 Å². The Balaban J connectivity index is 3.67. The molecule has 0 aromatic heterocycles. The van der Waals surface area contributed by atoms with E-state index >= 15 is 0 Å². The summed E-state index contributed by atoms with van der Waals surface area (Å²) in [7, 11) is 1.75. The molecule has 0 radical (unpaired) electrons. The molecule has 0 rings (SSSR count). The lowest BCUT2D eigenvalue weighted by molar-refractivity contribution is -0.137. The summed E-state index contributed by atoms with van der Waals surface area (Å²) in [6, 6.07) is 0. The van der Waals surface area contributed by atoms with E-state index in [1.54, 1.807) is 11.9 Å². The highest BCUT2D eigenvalue weighted by molar-refractivity contribution is 4.62. The van der Waals surface area contributed by atoms with E-state index in [2.05, 4.69) is 6.92 Å². The fourth-order valence-electron chi connectivity index (χ4n) is 2.16. The van der Waals surface area contributed by atoms with Gasteiger partial charge in [-0.25, -0.2) is 0 Å². The smallest absolute Gasteiger partial charge is 0.330 e. The second-order valence-corrected chi connectivity index (χ2v) is 5.04. The van der Waals surface area contributed by atoms with E-state index in [1.165, 1.54) is 6.42 Å². The van der Waals surface area contributed by atoms with Crippen LogP contribution in [0.4, 0.5) is 13.2 Å². The van der Waals surface area contributed by atoms with Gasteiger partial charge in [0.25, 0.3) is 0 Å². The van der Waals surface area contributed by atoms with E-state index in [4.69, 9.17) is 5.73 Å². The zero-order valence-electron chi connectivity index (χ0n) is 11.6. The predicted octanol–water partition coefficient (Wildman–Crippen LogP) is 3.42. The minimum Gasteiger partial charge on any atom is -0.330 e. The van der Waals surface area contributed by atoms with Crippen LogP contribution in [0.5, 0.6) is 0 Å². The standard InChI is InChI=1S/C13H27F3N2/c1-3-5-12(7-9-17)6-4-10-18(2)11-8-13(14,15)16/h12H,3-11,17H2,1-2H3. The molecule has 0 amide bonds. The SMILES string of the molecule is CCCC(CCN)CCCN(C)CCC(F)(F)F. The minimum atomic E-state index is -4.04. The molecule has 0 aliphatic carbocycles. The van der Waals surface area contributed by atoms with Crippen molar-refractivity contribution in [3.8, 4) is 0 Å². The Labute approximate surface area is 109 Å². The van der Waals surface area contributed by atoms with Gasteiger partial charge in [0, 0.05) is 6.54 Å². The van der Waals surface area contributed by atoms with E-state index in [0.29, 0.717) is 12.5 Å². The molecule has 0 aliphatic heterocycles. The molecule has 1 unspecified atom stereocenters. The van der Waals surface area contributed by atoms with Crippen molar-refractivity contribution in [1.29, 1.82) is 0 Å². The monoisotopic (exact) mass is 268 g/mol. The fraction of sp³-hybridized carbons (Fsp3) is 1.00. The summed E-state index contributed by atoms with van der Waals surface area (Å²) < 4.78 is 36.1. The summed E-state index contributed by atoms with van der Waals surface area (Å²) >= 11 is 0. The third-order valence-corrected chi connectivity index (χ3v) is 3.20. The van der Waals surface area contributed by atoms with Gasteiger partial charge in [-0.3, -0.25) is 0 Å². The molecule has 0 aliphatic rings. The summed E-state index contributed by atoms with van der Waals surface area (Å²) in [6.07, 6.45) is 0.613. The van der Waals surface area contributed by atoms with Gasteiger partial charge in [-0.05, 0) is 45.3 Å². The van der Waals surface area contributed by atoms with Crippen LogP contribution in [0.2, 0.25) is 0 Å². The number of rotatable bonds is 10. The Hall–Kier alpha value is -0.290. The average Bonchev–Trinajstić information content (AvgIpc) is 2.26. The maximum absolute atomic E-state index is 12.0. The maximum Gasteiger partial charge on any atom is 0.390 e. The third kappa shape index (κ3) is 10.8. The van der Waals surface area contributed by atoms with Gasteiger partial charge in [-0.1, -0.05) is 19.8 Å². The molecule has 110 valence electrons. The molecule has 0 spiro atoms. The van der Waals surface area contributed by atoms with Gasteiger partial charge >= 0.3 is 6.18 Å². The Morgan fingerprint density at radius 2 is 1.78 bits per heavy atom. The number of nitrogens with zero attached hydrogens (tertiary/aromatic N) is 1. The number of alkyl halides is 3. The van der Waals surface area contributed by atoms with Crippen molar-refractivity contribution in [2.24, 2.45) is 11.7 Å². The maximum atomic E-state index is 12.0. The number of halogens is 3. The molecule has 1 atom stereocenters. The van der Waals surface area contributed by atoms with Crippen LogP contribution in [0.15, 0.2) is 0 Å². The van der Waals surface area contributed by atoms with E-state index < -0.39 is 12.6 Å². The van der Waals surface area contributed by atoms with Crippen LogP contribution >= 0.6 is 0 Å². The lowest BCUT2D eigenvalue weighted by Crippen LogP contribution is -2.25. The summed E-state index contributed by atoms with van der Waals surface area (Å²) in [4.78, 5) is 1.76. The largest absolute Gasteiger partial charge is 0.390 e. The molecule has 2 N–H and O–H groups in total. The first-order valence-electron chi connectivity index (χ1n) is 6.84. The highest BCUT2D eigenvalue weighted by Gasteiger charge is 2.26. The van der Waals surface area contributed by atoms with Crippen molar-refractivity contribution in [2.45, 2.75) is 51.6 Å². The average molecular weight is 268 g/mol. The van der Waals surface area contributed by atoms with Crippen LogP contribution < -0.4 is 5.73 Å². The first kappa shape index (κ1) is 17.7. The zero-order chi connectivity index (χ0) is 14.0. The van der Waals surface area contributed by atoms with Gasteiger partial charge in [0.2, 0.25) is 0 Å². The quantitative estimate of drug-likeness (QED) is 0.658. The van der Waals surface area contributed by atoms with E-state index in [1.807, 2.05) is 0 Å². The van der Waals surface area contributed by atoms with Crippen molar-refractivity contribution in [2.75, 3.05) is 26.7 Å². The van der Waals surface area contributed by atoms with Crippen molar-refractivity contribution < 1.29 is 13.2 Å². The lowest BCUT2D eigenvalue weighted by atomic mass is 9.94. The van der Waals surface area contributed by atoms with Gasteiger partial charge in [0.05, 0.1) is 6.42 Å². The summed E-state index contributed by atoms with van der Waals surface area (Å²) in [6.45, 7) is 3.69. The number of nitrogens with two attached hydrogens (primary N) is 1. The van der Waals surface area contributed by atoms with Crippen molar-refractivity contribution >= 4 is 0 Å². The Morgan fingerprint density at radius 1 is 1.11 bits per heavy atom. The van der Waals surface area contributed by atoms with Crippen LogP contribution in [0.1, 0.15) is 45.4 Å². The molecule has 0 aromatic carbocycles. The van der Waals surface area contributed by atoms with E-state index in [9.17, 15) is 13.2 Å². The van der Waals surface area contributed by atoms with Crippen LogP contribution in [0, 0.1) is 5.92 Å². The van der Waals surface area contributed by atoms with E-state index in [-0.39, 0.29) is 6.54 Å². The molecular weight excluding hydrogens is 241 g/mol. The molecule has 2 nitrogen and oxygen atoms in total. The molecule has 0 fully saturated rings. The van der Waals surface area contributed by atoms with Gasteiger partial charge < -0.3 is 10.6 Å². The highest BCUT2D eigenvalue weighted by atomic mass is 19.4. The predicted molar refractivity (Wildman–Crippen MR) is 69.5 cm³/mol. The Kier molecular flexibility index (Phi) is 9.46. The zero-order valence-corrected chi connectivity index (χ0v) is 11.6. The summed E-state index contributed by atoms with van der Waals surface area (Å²) in [5.74, 6) is 0.635. The van der Waals surface area contributed by atoms with Crippen LogP contribution in [-0.4, -0.2) is 37.8 Å². The number of hydrogen-bond donors (Lipinski definition) is 1. The highest BCUT2D eigenvalue weighted by Crippen LogP contribution is 2.20. The molecular formula is C13H27F3N2. The van der Waals surface area contributed by atoms with Gasteiger partial charge in [0.1, 0.15) is 0 Å². The molecule has 0 aromatic rings. The molecule has 18 heavy (non-hydrogen) atoms. The second-order valence-electron chi connectivity index (χ2n) is 5.04. The Bertz CT molecular complexity index is 189. The third-order valence-electron chi connectivity index (χ3n) is 3.20.